The molecule has 236 valence electrons. The molecule has 0 aromatic heterocycles. The van der Waals surface area contributed by atoms with E-state index in [0.717, 1.165) is 11.7 Å². The Bertz CT molecular complexity index is 1180. The summed E-state index contributed by atoms with van der Waals surface area (Å²) in [6, 6.07) is 3.83. The van der Waals surface area contributed by atoms with Gasteiger partial charge in [0.05, 0.1) is 6.61 Å². The molecule has 0 spiro atoms. The molecular weight excluding hydrogens is 568 g/mol. The Kier molecular flexibility index (Phi) is 14.6. The standard InChI is InChI=1S/C28H44N4O9S/c1-18(2)14-20(12-13-42(6,38)39)30-25(35)23(16-33)31-24(34)22(15-21(29)26(36)41-28(3,4)5)32-27(37)40-17-19-10-8-7-9-11-19/h7-13,18,20-23,33H,14-17,29H2,1-6H3,(H,30,35)(H,31,34)(H,32,37)/b13-12+/t20-,21?,22+,23+/m1/s1. The highest BCUT2D eigenvalue weighted by Gasteiger charge is 2.32. The largest absolute Gasteiger partial charge is 0.459 e. The second-order valence-corrected chi connectivity index (χ2v) is 13.2. The van der Waals surface area contributed by atoms with Gasteiger partial charge in [-0.3, -0.25) is 14.4 Å². The first-order chi connectivity index (χ1) is 19.4. The number of rotatable bonds is 15. The average molecular weight is 613 g/mol. The van der Waals surface area contributed by atoms with Crippen LogP contribution >= 0.6 is 0 Å². The van der Waals surface area contributed by atoms with Crippen molar-refractivity contribution in [3.8, 4) is 0 Å². The summed E-state index contributed by atoms with van der Waals surface area (Å²) < 4.78 is 33.6. The third-order valence-electron chi connectivity index (χ3n) is 5.45. The van der Waals surface area contributed by atoms with Crippen molar-refractivity contribution in [2.45, 2.75) is 83.8 Å². The monoisotopic (exact) mass is 612 g/mol. The first kappa shape index (κ1) is 36.5. The number of hydrogen-bond acceptors (Lipinski definition) is 10. The summed E-state index contributed by atoms with van der Waals surface area (Å²) >= 11 is 0. The van der Waals surface area contributed by atoms with Crippen LogP contribution in [0.3, 0.4) is 0 Å². The first-order valence-corrected chi connectivity index (χ1v) is 15.4. The molecule has 42 heavy (non-hydrogen) atoms. The highest BCUT2D eigenvalue weighted by molar-refractivity contribution is 7.93. The number of hydrogen-bond donors (Lipinski definition) is 5. The maximum absolute atomic E-state index is 13.2. The smallest absolute Gasteiger partial charge is 0.408 e. The SMILES string of the molecule is CC(C)C[C@@H](/C=C/S(C)(=O)=O)NC(=O)[C@H](CO)NC(=O)[C@H](CC(N)C(=O)OC(C)(C)C)NC(=O)OCc1ccccc1. The second kappa shape index (κ2) is 16.8. The van der Waals surface area contributed by atoms with Crippen LogP contribution in [0.1, 0.15) is 53.0 Å². The van der Waals surface area contributed by atoms with Gasteiger partial charge in [0.15, 0.2) is 9.84 Å². The van der Waals surface area contributed by atoms with Crippen molar-refractivity contribution in [3.63, 3.8) is 0 Å². The molecule has 0 aliphatic rings. The number of aliphatic hydroxyl groups is 1. The van der Waals surface area contributed by atoms with E-state index in [1.165, 1.54) is 6.08 Å². The molecule has 0 saturated heterocycles. The third-order valence-corrected chi connectivity index (χ3v) is 6.10. The van der Waals surface area contributed by atoms with Crippen molar-refractivity contribution >= 4 is 33.7 Å². The fraction of sp³-hybridized carbons (Fsp3) is 0.571. The average Bonchev–Trinajstić information content (AvgIpc) is 2.87. The van der Waals surface area contributed by atoms with Gasteiger partial charge in [-0.2, -0.15) is 0 Å². The van der Waals surface area contributed by atoms with E-state index in [4.69, 9.17) is 15.2 Å². The van der Waals surface area contributed by atoms with Crippen molar-refractivity contribution < 1.29 is 42.2 Å². The molecule has 1 unspecified atom stereocenters. The van der Waals surface area contributed by atoms with Gasteiger partial charge in [0, 0.05) is 24.1 Å². The summed E-state index contributed by atoms with van der Waals surface area (Å²) in [5, 5.41) is 18.1. The zero-order chi connectivity index (χ0) is 32.1. The van der Waals surface area contributed by atoms with E-state index in [1.54, 1.807) is 51.1 Å². The van der Waals surface area contributed by atoms with Crippen LogP contribution in [0.4, 0.5) is 4.79 Å². The number of alkyl carbamates (subject to hydrolysis) is 1. The Morgan fingerprint density at radius 2 is 1.57 bits per heavy atom. The minimum absolute atomic E-state index is 0.0755. The molecule has 0 heterocycles. The predicted octanol–water partition coefficient (Wildman–Crippen LogP) is 0.907. The molecule has 14 heteroatoms. The fourth-order valence-corrected chi connectivity index (χ4v) is 4.02. The maximum atomic E-state index is 13.2. The molecule has 4 atom stereocenters. The molecular formula is C28H44N4O9S. The van der Waals surface area contributed by atoms with Crippen LogP contribution in [0.5, 0.6) is 0 Å². The van der Waals surface area contributed by atoms with Gasteiger partial charge in [0.2, 0.25) is 11.8 Å². The first-order valence-electron chi connectivity index (χ1n) is 13.5. The highest BCUT2D eigenvalue weighted by Crippen LogP contribution is 2.11. The van der Waals surface area contributed by atoms with Crippen LogP contribution in [0.15, 0.2) is 41.8 Å². The lowest BCUT2D eigenvalue weighted by atomic mass is 10.0. The van der Waals surface area contributed by atoms with Crippen LogP contribution < -0.4 is 21.7 Å². The Hall–Kier alpha value is -3.49. The number of ether oxygens (including phenoxy) is 2. The van der Waals surface area contributed by atoms with Crippen molar-refractivity contribution in [1.29, 1.82) is 0 Å². The van der Waals surface area contributed by atoms with E-state index in [1.807, 2.05) is 13.8 Å². The number of nitrogens with one attached hydrogen (secondary N) is 3. The lowest BCUT2D eigenvalue weighted by molar-refractivity contribution is -0.156. The van der Waals surface area contributed by atoms with E-state index < -0.39 is 76.5 Å². The van der Waals surface area contributed by atoms with E-state index in [9.17, 15) is 32.7 Å². The van der Waals surface area contributed by atoms with Crippen LogP contribution in [0.25, 0.3) is 0 Å². The Balaban J connectivity index is 3.06. The van der Waals surface area contributed by atoms with Gasteiger partial charge in [-0.1, -0.05) is 50.3 Å². The van der Waals surface area contributed by atoms with Crippen molar-refractivity contribution in [2.24, 2.45) is 11.7 Å². The molecule has 0 fully saturated rings. The number of esters is 1. The minimum atomic E-state index is -3.46. The van der Waals surface area contributed by atoms with Crippen molar-refractivity contribution in [3.05, 3.63) is 47.4 Å². The number of aliphatic hydroxyl groups excluding tert-OH is 1. The summed E-state index contributed by atoms with van der Waals surface area (Å²) in [7, 11) is -3.46. The molecule has 3 amide bonds. The van der Waals surface area contributed by atoms with Gasteiger partial charge in [-0.05, 0) is 38.7 Å². The summed E-state index contributed by atoms with van der Waals surface area (Å²) in [4.78, 5) is 51.2. The van der Waals surface area contributed by atoms with E-state index in [0.29, 0.717) is 12.0 Å². The second-order valence-electron chi connectivity index (χ2n) is 11.3. The van der Waals surface area contributed by atoms with Crippen LogP contribution in [-0.2, 0) is 40.3 Å². The minimum Gasteiger partial charge on any atom is -0.459 e. The molecule has 0 radical (unpaired) electrons. The number of carbonyl (C=O) groups is 4. The Morgan fingerprint density at radius 1 is 0.976 bits per heavy atom. The van der Waals surface area contributed by atoms with Gasteiger partial charge in [-0.15, -0.1) is 0 Å². The summed E-state index contributed by atoms with van der Waals surface area (Å²) in [6.45, 7) is 7.76. The molecule has 6 N–H and O–H groups in total. The molecule has 0 saturated carbocycles. The van der Waals surface area contributed by atoms with Gasteiger partial charge in [0.1, 0.15) is 30.3 Å². The Morgan fingerprint density at radius 3 is 2.10 bits per heavy atom. The summed E-state index contributed by atoms with van der Waals surface area (Å²) in [5.41, 5.74) is 5.81. The molecule has 13 nitrogen and oxygen atoms in total. The quantitative estimate of drug-likeness (QED) is 0.177. The number of sulfone groups is 1. The zero-order valence-corrected chi connectivity index (χ0v) is 25.8. The Labute approximate surface area is 247 Å². The summed E-state index contributed by atoms with van der Waals surface area (Å²) in [6.07, 6.45) is 1.31. The van der Waals surface area contributed by atoms with Crippen LogP contribution in [-0.4, -0.2) is 80.0 Å². The van der Waals surface area contributed by atoms with Crippen LogP contribution in [0, 0.1) is 5.92 Å². The van der Waals surface area contributed by atoms with E-state index in [-0.39, 0.29) is 12.5 Å². The summed E-state index contributed by atoms with van der Waals surface area (Å²) in [5.74, 6) is -2.46. The van der Waals surface area contributed by atoms with Gasteiger partial charge in [0.25, 0.3) is 0 Å². The number of nitrogens with two attached hydrogens (primary N) is 1. The highest BCUT2D eigenvalue weighted by atomic mass is 32.2. The molecule has 1 aromatic carbocycles. The third kappa shape index (κ3) is 15.5. The normalized spacial score (nSPS) is 14.9. The van der Waals surface area contributed by atoms with Crippen molar-refractivity contribution in [1.82, 2.24) is 16.0 Å². The van der Waals surface area contributed by atoms with Crippen molar-refractivity contribution in [2.75, 3.05) is 12.9 Å². The van der Waals surface area contributed by atoms with Gasteiger partial charge < -0.3 is 36.3 Å². The van der Waals surface area contributed by atoms with E-state index in [2.05, 4.69) is 16.0 Å². The van der Waals surface area contributed by atoms with Gasteiger partial charge >= 0.3 is 12.1 Å². The predicted molar refractivity (Wildman–Crippen MR) is 156 cm³/mol. The van der Waals surface area contributed by atoms with E-state index >= 15 is 0 Å². The molecule has 1 aromatic rings. The fourth-order valence-electron chi connectivity index (χ4n) is 3.55. The van der Waals surface area contributed by atoms with Gasteiger partial charge in [-0.25, -0.2) is 13.2 Å². The lowest BCUT2D eigenvalue weighted by Gasteiger charge is -2.26. The number of benzene rings is 1. The molecule has 1 rings (SSSR count). The molecule has 0 bridgehead atoms. The number of carbonyl (C=O) groups excluding carboxylic acids is 4. The molecule has 0 aliphatic carbocycles. The van der Waals surface area contributed by atoms with Crippen LogP contribution in [0.2, 0.25) is 0 Å². The maximum Gasteiger partial charge on any atom is 0.408 e. The lowest BCUT2D eigenvalue weighted by Crippen LogP contribution is -2.57. The molecule has 0 aliphatic heterocycles. The number of amides is 3. The topological polar surface area (TPSA) is 203 Å². The zero-order valence-electron chi connectivity index (χ0n) is 25.0.